The smallest absolute Gasteiger partial charge is 0.338 e. The largest absolute Gasteiger partial charge is 0.461 e. The lowest BCUT2D eigenvalue weighted by Crippen LogP contribution is -2.46. The molecule has 0 radical (unpaired) electrons. The van der Waals surface area contributed by atoms with E-state index >= 15 is 0 Å². The Kier molecular flexibility index (Phi) is 14.3. The molecular weight excluding hydrogens is 597 g/mol. The topological polar surface area (TPSA) is 106 Å². The highest BCUT2D eigenvalue weighted by atomic mass is 28.3. The van der Waals surface area contributed by atoms with E-state index in [1.807, 2.05) is 10.6 Å². The molecule has 0 saturated heterocycles. The molecule has 13 heteroatoms. The van der Waals surface area contributed by atoms with Crippen LogP contribution in [0.5, 0.6) is 0 Å². The van der Waals surface area contributed by atoms with Gasteiger partial charge in [0.25, 0.3) is 0 Å². The first-order valence-electron chi connectivity index (χ1n) is 15.9. The van der Waals surface area contributed by atoms with Crippen LogP contribution in [0.3, 0.4) is 0 Å². The van der Waals surface area contributed by atoms with Crippen LogP contribution in [0.2, 0.25) is 51.4 Å². The fourth-order valence-corrected chi connectivity index (χ4v) is 6.60. The van der Waals surface area contributed by atoms with Crippen molar-refractivity contribution < 1.29 is 33.2 Å². The van der Waals surface area contributed by atoms with Gasteiger partial charge in [0.2, 0.25) is 0 Å². The summed E-state index contributed by atoms with van der Waals surface area (Å²) in [6.45, 7) is 17.7. The molecule has 1 aliphatic rings. The normalized spacial score (nSPS) is 19.4. The molecule has 44 heavy (non-hydrogen) atoms. The van der Waals surface area contributed by atoms with E-state index in [-0.39, 0.29) is 18.5 Å². The minimum absolute atomic E-state index is 0.155. The molecule has 0 N–H and O–H groups in total. The van der Waals surface area contributed by atoms with Gasteiger partial charge in [0, 0.05) is 67.3 Å². The summed E-state index contributed by atoms with van der Waals surface area (Å²) in [5.74, 6) is 0.714. The molecule has 250 valence electrons. The van der Waals surface area contributed by atoms with Gasteiger partial charge in [-0.2, -0.15) is 9.61 Å². The zero-order chi connectivity index (χ0) is 32.2. The maximum absolute atomic E-state index is 13.2. The van der Waals surface area contributed by atoms with Crippen LogP contribution in [-0.2, 0) is 33.2 Å². The minimum Gasteiger partial charge on any atom is -0.461 e. The third kappa shape index (κ3) is 11.5. The molecule has 3 rings (SSSR count). The zero-order valence-corrected chi connectivity index (χ0v) is 30.4. The zero-order valence-electron chi connectivity index (χ0n) is 28.4. The molecule has 0 aromatic carbocycles. The van der Waals surface area contributed by atoms with Crippen LogP contribution in [0.4, 0.5) is 5.82 Å². The van der Waals surface area contributed by atoms with Gasteiger partial charge in [0.1, 0.15) is 25.9 Å². The molecule has 2 aromatic rings. The summed E-state index contributed by atoms with van der Waals surface area (Å²) in [7, 11) is 0.769. The molecule has 11 nitrogen and oxygen atoms in total. The van der Waals surface area contributed by atoms with Gasteiger partial charge in [-0.15, -0.1) is 0 Å². The first-order valence-corrected chi connectivity index (χ1v) is 23.3. The highest BCUT2D eigenvalue weighted by Gasteiger charge is 2.45. The van der Waals surface area contributed by atoms with E-state index < -0.39 is 21.7 Å². The highest BCUT2D eigenvalue weighted by Crippen LogP contribution is 2.41. The Labute approximate surface area is 265 Å². The van der Waals surface area contributed by atoms with Crippen LogP contribution >= 0.6 is 0 Å². The van der Waals surface area contributed by atoms with Crippen molar-refractivity contribution in [1.29, 1.82) is 0 Å². The molecule has 1 saturated carbocycles. The Hall–Kier alpha value is -1.88. The summed E-state index contributed by atoms with van der Waals surface area (Å²) >= 11 is 0. The molecule has 0 bridgehead atoms. The number of hydrogen-bond acceptors (Lipinski definition) is 10. The number of carbonyl (C=O) groups is 1. The number of fused-ring (bicyclic) bond motifs is 1. The van der Waals surface area contributed by atoms with E-state index in [1.165, 1.54) is 0 Å². The van der Waals surface area contributed by atoms with Crippen LogP contribution in [0, 0.1) is 0 Å². The Morgan fingerprint density at radius 1 is 0.909 bits per heavy atom. The van der Waals surface area contributed by atoms with Crippen LogP contribution in [0.1, 0.15) is 37.3 Å². The SMILES string of the molecule is COCCOC(=O)C1(OCCOC)CCC(c2cc(N(COCC[Si](C)(C)C)COCC[Si](C)(C)C)n3nccc3n2)CC1. The maximum Gasteiger partial charge on any atom is 0.338 e. The van der Waals surface area contributed by atoms with Crippen molar-refractivity contribution in [2.45, 2.75) is 88.6 Å². The maximum atomic E-state index is 13.2. The molecule has 0 amide bonds. The fraction of sp³-hybridized carbons (Fsp3) is 0.774. The van der Waals surface area contributed by atoms with E-state index in [2.05, 4.69) is 55.3 Å². The first kappa shape index (κ1) is 36.6. The third-order valence-electron chi connectivity index (χ3n) is 7.94. The summed E-state index contributed by atoms with van der Waals surface area (Å²) in [5, 5.41) is 4.60. The van der Waals surface area contributed by atoms with E-state index in [0.29, 0.717) is 46.1 Å². The van der Waals surface area contributed by atoms with Crippen LogP contribution in [-0.4, -0.2) is 110 Å². The van der Waals surface area contributed by atoms with Crippen molar-refractivity contribution in [2.75, 3.05) is 72.2 Å². The number of anilines is 1. The van der Waals surface area contributed by atoms with Crippen LogP contribution in [0.15, 0.2) is 18.3 Å². The Morgan fingerprint density at radius 2 is 1.50 bits per heavy atom. The fourth-order valence-electron chi connectivity index (χ4n) is 5.08. The van der Waals surface area contributed by atoms with E-state index in [4.69, 9.17) is 33.4 Å². The second kappa shape index (κ2) is 17.2. The third-order valence-corrected chi connectivity index (χ3v) is 11.3. The lowest BCUT2D eigenvalue weighted by atomic mass is 9.77. The summed E-state index contributed by atoms with van der Waals surface area (Å²) in [5.41, 5.74) is 0.756. The minimum atomic E-state index is -1.22. The first-order chi connectivity index (χ1) is 20.9. The van der Waals surface area contributed by atoms with Crippen LogP contribution < -0.4 is 4.90 Å². The van der Waals surface area contributed by atoms with Gasteiger partial charge in [-0.25, -0.2) is 9.78 Å². The van der Waals surface area contributed by atoms with E-state index in [0.717, 1.165) is 55.3 Å². The van der Waals surface area contributed by atoms with Gasteiger partial charge in [-0.1, -0.05) is 39.3 Å². The highest BCUT2D eigenvalue weighted by molar-refractivity contribution is 6.76. The average Bonchev–Trinajstić information content (AvgIpc) is 3.44. The lowest BCUT2D eigenvalue weighted by Gasteiger charge is -2.38. The number of methoxy groups -OCH3 is 2. The average molecular weight is 653 g/mol. The number of ether oxygens (including phenoxy) is 6. The lowest BCUT2D eigenvalue weighted by molar-refractivity contribution is -0.180. The molecule has 0 aliphatic heterocycles. The Balaban J connectivity index is 1.80. The molecular formula is C31H56N4O7Si2. The van der Waals surface area contributed by atoms with Crippen molar-refractivity contribution in [3.63, 3.8) is 0 Å². The number of carbonyl (C=O) groups excluding carboxylic acids is 1. The van der Waals surface area contributed by atoms with Gasteiger partial charge in [-0.3, -0.25) is 0 Å². The number of hydrogen-bond donors (Lipinski definition) is 0. The van der Waals surface area contributed by atoms with Crippen molar-refractivity contribution >= 4 is 33.6 Å². The predicted molar refractivity (Wildman–Crippen MR) is 178 cm³/mol. The standard InChI is InChI=1S/C31H56N4O7Si2/c1-37-15-17-41-30(36)31(42-18-16-38-2)12-9-26(10-13-31)27-23-29(35-28(33-27)11-14-32-35)34(24-39-19-21-43(3,4)5)25-40-20-22-44(6,7)8/h11,14,23,26H,9-10,12-13,15-22,24-25H2,1-8H3. The molecule has 0 spiro atoms. The molecule has 2 aromatic heterocycles. The van der Waals surface area contributed by atoms with Crippen molar-refractivity contribution in [3.8, 4) is 0 Å². The number of rotatable bonds is 20. The molecule has 0 unspecified atom stereocenters. The van der Waals surface area contributed by atoms with Gasteiger partial charge in [-0.05, 0) is 37.8 Å². The molecule has 1 aliphatic carbocycles. The Bertz CT molecular complexity index is 1120. The second-order valence-electron chi connectivity index (χ2n) is 14.1. The van der Waals surface area contributed by atoms with Gasteiger partial charge in [0.15, 0.2) is 11.2 Å². The van der Waals surface area contributed by atoms with Crippen molar-refractivity contribution in [3.05, 3.63) is 24.0 Å². The Morgan fingerprint density at radius 3 is 2.07 bits per heavy atom. The summed E-state index contributed by atoms with van der Waals surface area (Å²) in [4.78, 5) is 20.3. The number of aromatic nitrogens is 3. The van der Waals surface area contributed by atoms with Gasteiger partial charge >= 0.3 is 5.97 Å². The van der Waals surface area contributed by atoms with Crippen molar-refractivity contribution in [2.24, 2.45) is 0 Å². The summed E-state index contributed by atoms with van der Waals surface area (Å²) in [6.07, 6.45) is 4.33. The van der Waals surface area contributed by atoms with Crippen LogP contribution in [0.25, 0.3) is 5.65 Å². The molecule has 0 atom stereocenters. The predicted octanol–water partition coefficient (Wildman–Crippen LogP) is 5.41. The number of nitrogens with zero attached hydrogens (tertiary/aromatic N) is 4. The monoisotopic (exact) mass is 652 g/mol. The quantitative estimate of drug-likeness (QED) is 0.0798. The van der Waals surface area contributed by atoms with Gasteiger partial charge < -0.3 is 33.3 Å². The second-order valence-corrected chi connectivity index (χ2v) is 25.4. The van der Waals surface area contributed by atoms with Crippen molar-refractivity contribution in [1.82, 2.24) is 14.6 Å². The summed E-state index contributed by atoms with van der Waals surface area (Å²) < 4.78 is 36.2. The van der Waals surface area contributed by atoms with E-state index in [9.17, 15) is 4.79 Å². The number of esters is 1. The van der Waals surface area contributed by atoms with Gasteiger partial charge in [0.05, 0.1) is 26.0 Å². The van der Waals surface area contributed by atoms with E-state index in [1.54, 1.807) is 20.4 Å². The molecule has 1 fully saturated rings. The summed E-state index contributed by atoms with van der Waals surface area (Å²) in [6, 6.07) is 6.24. The molecule has 2 heterocycles.